The van der Waals surface area contributed by atoms with Crippen molar-refractivity contribution in [2.45, 2.75) is 38.6 Å². The van der Waals surface area contributed by atoms with E-state index in [1.54, 1.807) is 0 Å². The number of pyridine rings is 1. The minimum Gasteiger partial charge on any atom is -0.313 e. The zero-order valence-electron chi connectivity index (χ0n) is 10.3. The Morgan fingerprint density at radius 1 is 1.31 bits per heavy atom. The Balaban J connectivity index is 2.10. The molecule has 0 aliphatic heterocycles. The lowest BCUT2D eigenvalue weighted by atomic mass is 9.77. The summed E-state index contributed by atoms with van der Waals surface area (Å²) < 4.78 is 0. The summed E-state index contributed by atoms with van der Waals surface area (Å²) in [6.07, 6.45) is 9.29. The molecular weight excluding hydrogens is 196 g/mol. The van der Waals surface area contributed by atoms with Gasteiger partial charge >= 0.3 is 0 Å². The van der Waals surface area contributed by atoms with Crippen LogP contribution >= 0.6 is 0 Å². The van der Waals surface area contributed by atoms with Crippen LogP contribution in [-0.2, 0) is 0 Å². The van der Waals surface area contributed by atoms with Gasteiger partial charge in [-0.05, 0) is 49.4 Å². The standard InChI is InChI=1S/C14H22N2/c1-11-4-3-5-13(10-11)14(15-2)12-6-8-16-9-7-12/h6-9,11,13-15H,3-5,10H2,1-2H3. The molecule has 1 heterocycles. The molecule has 1 N–H and O–H groups in total. The van der Waals surface area contributed by atoms with Gasteiger partial charge in [-0.2, -0.15) is 0 Å². The summed E-state index contributed by atoms with van der Waals surface area (Å²) >= 11 is 0. The maximum Gasteiger partial charge on any atom is 0.0347 e. The van der Waals surface area contributed by atoms with Crippen molar-refractivity contribution in [2.75, 3.05) is 7.05 Å². The molecule has 1 aromatic rings. The van der Waals surface area contributed by atoms with Crippen LogP contribution in [0.4, 0.5) is 0 Å². The summed E-state index contributed by atoms with van der Waals surface area (Å²) in [6.45, 7) is 2.38. The molecule has 0 saturated heterocycles. The predicted octanol–water partition coefficient (Wildman–Crippen LogP) is 3.17. The second-order valence-corrected chi connectivity index (χ2v) is 5.08. The van der Waals surface area contributed by atoms with Gasteiger partial charge in [-0.1, -0.05) is 19.8 Å². The van der Waals surface area contributed by atoms with Gasteiger partial charge in [0.05, 0.1) is 0 Å². The first-order valence-corrected chi connectivity index (χ1v) is 6.38. The van der Waals surface area contributed by atoms with Crippen molar-refractivity contribution >= 4 is 0 Å². The van der Waals surface area contributed by atoms with Crippen LogP contribution < -0.4 is 5.32 Å². The quantitative estimate of drug-likeness (QED) is 0.843. The van der Waals surface area contributed by atoms with E-state index < -0.39 is 0 Å². The molecule has 1 aromatic heterocycles. The molecule has 2 nitrogen and oxygen atoms in total. The molecule has 1 aliphatic rings. The van der Waals surface area contributed by atoms with Crippen LogP contribution in [0, 0.1) is 11.8 Å². The fourth-order valence-electron chi connectivity index (χ4n) is 3.03. The number of hydrogen-bond donors (Lipinski definition) is 1. The molecule has 3 atom stereocenters. The van der Waals surface area contributed by atoms with Crippen molar-refractivity contribution in [3.63, 3.8) is 0 Å². The Bertz CT molecular complexity index is 310. The van der Waals surface area contributed by atoms with Gasteiger partial charge in [0.2, 0.25) is 0 Å². The molecule has 0 aromatic carbocycles. The molecule has 1 saturated carbocycles. The van der Waals surface area contributed by atoms with Crippen molar-refractivity contribution < 1.29 is 0 Å². The molecule has 1 fully saturated rings. The third-order valence-corrected chi connectivity index (χ3v) is 3.82. The summed E-state index contributed by atoms with van der Waals surface area (Å²) in [6, 6.07) is 4.78. The summed E-state index contributed by atoms with van der Waals surface area (Å²) in [7, 11) is 2.07. The molecule has 2 heteroatoms. The molecule has 88 valence electrons. The van der Waals surface area contributed by atoms with Crippen LogP contribution in [0.5, 0.6) is 0 Å². The minimum atomic E-state index is 0.505. The van der Waals surface area contributed by atoms with E-state index in [9.17, 15) is 0 Å². The van der Waals surface area contributed by atoms with E-state index in [4.69, 9.17) is 0 Å². The summed E-state index contributed by atoms with van der Waals surface area (Å²) in [4.78, 5) is 4.09. The van der Waals surface area contributed by atoms with Gasteiger partial charge in [0.1, 0.15) is 0 Å². The molecule has 2 rings (SSSR count). The van der Waals surface area contributed by atoms with Crippen molar-refractivity contribution in [3.8, 4) is 0 Å². The van der Waals surface area contributed by atoms with Gasteiger partial charge in [-0.25, -0.2) is 0 Å². The van der Waals surface area contributed by atoms with Crippen LogP contribution in [0.3, 0.4) is 0 Å². The molecule has 0 bridgehead atoms. The van der Waals surface area contributed by atoms with Gasteiger partial charge in [0, 0.05) is 18.4 Å². The zero-order valence-corrected chi connectivity index (χ0v) is 10.3. The van der Waals surface area contributed by atoms with Crippen LogP contribution in [0.1, 0.15) is 44.2 Å². The van der Waals surface area contributed by atoms with Crippen molar-refractivity contribution in [1.82, 2.24) is 10.3 Å². The second kappa shape index (κ2) is 5.44. The molecule has 16 heavy (non-hydrogen) atoms. The number of hydrogen-bond acceptors (Lipinski definition) is 2. The Morgan fingerprint density at radius 3 is 2.69 bits per heavy atom. The van der Waals surface area contributed by atoms with Crippen LogP contribution in [-0.4, -0.2) is 12.0 Å². The Labute approximate surface area is 98.5 Å². The normalized spacial score (nSPS) is 27.6. The molecule has 1 aliphatic carbocycles. The van der Waals surface area contributed by atoms with E-state index in [1.165, 1.54) is 31.2 Å². The van der Waals surface area contributed by atoms with Crippen molar-refractivity contribution in [2.24, 2.45) is 11.8 Å². The Morgan fingerprint density at radius 2 is 2.06 bits per heavy atom. The smallest absolute Gasteiger partial charge is 0.0347 e. The van der Waals surface area contributed by atoms with Crippen LogP contribution in [0.2, 0.25) is 0 Å². The van der Waals surface area contributed by atoms with E-state index in [0.29, 0.717) is 6.04 Å². The number of aromatic nitrogens is 1. The highest BCUT2D eigenvalue weighted by Gasteiger charge is 2.26. The van der Waals surface area contributed by atoms with Gasteiger partial charge in [-0.3, -0.25) is 4.98 Å². The first-order valence-electron chi connectivity index (χ1n) is 6.38. The molecule has 0 spiro atoms. The lowest BCUT2D eigenvalue weighted by Gasteiger charge is -2.33. The predicted molar refractivity (Wildman–Crippen MR) is 67.2 cm³/mol. The molecule has 0 radical (unpaired) electrons. The monoisotopic (exact) mass is 218 g/mol. The average molecular weight is 218 g/mol. The SMILES string of the molecule is CNC(c1ccncc1)C1CCCC(C)C1. The van der Waals surface area contributed by atoms with E-state index in [-0.39, 0.29) is 0 Å². The molecule has 3 unspecified atom stereocenters. The molecular formula is C14H22N2. The lowest BCUT2D eigenvalue weighted by Crippen LogP contribution is -2.28. The maximum atomic E-state index is 4.09. The lowest BCUT2D eigenvalue weighted by molar-refractivity contribution is 0.230. The second-order valence-electron chi connectivity index (χ2n) is 5.08. The van der Waals surface area contributed by atoms with E-state index >= 15 is 0 Å². The van der Waals surface area contributed by atoms with Gasteiger partial charge < -0.3 is 5.32 Å². The topological polar surface area (TPSA) is 24.9 Å². The van der Waals surface area contributed by atoms with Crippen LogP contribution in [0.25, 0.3) is 0 Å². The van der Waals surface area contributed by atoms with Crippen LogP contribution in [0.15, 0.2) is 24.5 Å². The van der Waals surface area contributed by atoms with Gasteiger partial charge in [0.15, 0.2) is 0 Å². The highest BCUT2D eigenvalue weighted by Crippen LogP contribution is 2.36. The number of nitrogens with one attached hydrogen (secondary N) is 1. The third-order valence-electron chi connectivity index (χ3n) is 3.82. The fraction of sp³-hybridized carbons (Fsp3) is 0.643. The summed E-state index contributed by atoms with van der Waals surface area (Å²) in [5, 5.41) is 3.48. The third kappa shape index (κ3) is 2.62. The van der Waals surface area contributed by atoms with Crippen molar-refractivity contribution in [3.05, 3.63) is 30.1 Å². The maximum absolute atomic E-state index is 4.09. The first-order chi connectivity index (χ1) is 7.81. The Kier molecular flexibility index (Phi) is 3.94. The van der Waals surface area contributed by atoms with E-state index in [2.05, 4.69) is 36.4 Å². The highest BCUT2D eigenvalue weighted by molar-refractivity contribution is 5.16. The van der Waals surface area contributed by atoms with E-state index in [0.717, 1.165) is 11.8 Å². The van der Waals surface area contributed by atoms with Gasteiger partial charge in [0.25, 0.3) is 0 Å². The average Bonchev–Trinajstić information content (AvgIpc) is 2.31. The first kappa shape index (κ1) is 11.6. The number of rotatable bonds is 3. The fourth-order valence-corrected chi connectivity index (χ4v) is 3.03. The summed E-state index contributed by atoms with van der Waals surface area (Å²) in [5.74, 6) is 1.67. The van der Waals surface area contributed by atoms with E-state index in [1.807, 2.05) is 12.4 Å². The molecule has 0 amide bonds. The zero-order chi connectivity index (χ0) is 11.4. The minimum absolute atomic E-state index is 0.505. The highest BCUT2D eigenvalue weighted by atomic mass is 14.9. The Hall–Kier alpha value is -0.890. The van der Waals surface area contributed by atoms with Crippen molar-refractivity contribution in [1.29, 1.82) is 0 Å². The largest absolute Gasteiger partial charge is 0.313 e. The summed E-state index contributed by atoms with van der Waals surface area (Å²) in [5.41, 5.74) is 1.39. The number of nitrogens with zero attached hydrogens (tertiary/aromatic N) is 1. The van der Waals surface area contributed by atoms with Gasteiger partial charge in [-0.15, -0.1) is 0 Å².